The second-order valence-electron chi connectivity index (χ2n) is 4.92. The van der Waals surface area contributed by atoms with Crippen LogP contribution >= 0.6 is 0 Å². The lowest BCUT2D eigenvalue weighted by atomic mass is 9.99. The van der Waals surface area contributed by atoms with Crippen molar-refractivity contribution in [3.8, 4) is 34.6 Å². The normalized spacial score (nSPS) is 10.0. The number of hydrogen-bond acceptors (Lipinski definition) is 1. The first-order valence-electron chi connectivity index (χ1n) is 6.79. The van der Waals surface area contributed by atoms with Gasteiger partial charge in [-0.15, -0.1) is 6.42 Å². The molecular weight excluding hydrogens is 254 g/mol. The lowest BCUT2D eigenvalue weighted by Crippen LogP contribution is -1.84. The van der Waals surface area contributed by atoms with E-state index in [4.69, 9.17) is 12.2 Å². The van der Waals surface area contributed by atoms with Crippen LogP contribution in [0.3, 0.4) is 0 Å². The number of rotatable bonds is 2. The van der Waals surface area contributed by atoms with Gasteiger partial charge < -0.3 is 5.73 Å². The van der Waals surface area contributed by atoms with Crippen molar-refractivity contribution in [3.05, 3.63) is 78.4 Å². The Morgan fingerprint density at radius 1 is 0.571 bits per heavy atom. The van der Waals surface area contributed by atoms with E-state index in [0.717, 1.165) is 16.8 Å². The Morgan fingerprint density at radius 2 is 0.905 bits per heavy atom. The van der Waals surface area contributed by atoms with E-state index in [-0.39, 0.29) is 0 Å². The third-order valence-corrected chi connectivity index (χ3v) is 3.51. The molecule has 0 unspecified atom stereocenters. The van der Waals surface area contributed by atoms with Crippen LogP contribution in [0.4, 0.5) is 5.69 Å². The van der Waals surface area contributed by atoms with Gasteiger partial charge in [-0.2, -0.15) is 0 Å². The molecule has 2 N–H and O–H groups in total. The summed E-state index contributed by atoms with van der Waals surface area (Å²) in [5, 5.41) is 0. The van der Waals surface area contributed by atoms with Gasteiger partial charge in [-0.1, -0.05) is 54.5 Å². The van der Waals surface area contributed by atoms with E-state index in [0.29, 0.717) is 0 Å². The first-order chi connectivity index (χ1) is 10.3. The minimum Gasteiger partial charge on any atom is -0.399 e. The van der Waals surface area contributed by atoms with Crippen molar-refractivity contribution in [2.45, 2.75) is 0 Å². The molecule has 0 saturated heterocycles. The molecule has 21 heavy (non-hydrogen) atoms. The summed E-state index contributed by atoms with van der Waals surface area (Å²) in [6, 6.07) is 24.4. The van der Waals surface area contributed by atoms with E-state index >= 15 is 0 Å². The molecule has 1 heteroatoms. The van der Waals surface area contributed by atoms with Gasteiger partial charge in [-0.05, 0) is 46.5 Å². The lowest BCUT2D eigenvalue weighted by molar-refractivity contribution is 1.57. The van der Waals surface area contributed by atoms with Gasteiger partial charge in [0.1, 0.15) is 0 Å². The Balaban J connectivity index is 1.89. The summed E-state index contributed by atoms with van der Waals surface area (Å²) >= 11 is 0. The molecule has 0 heterocycles. The molecule has 0 aliphatic carbocycles. The number of nitrogens with two attached hydrogens (primary N) is 1. The Labute approximate surface area is 125 Å². The van der Waals surface area contributed by atoms with E-state index in [1.807, 2.05) is 48.5 Å². The van der Waals surface area contributed by atoms with E-state index in [2.05, 4.69) is 30.2 Å². The zero-order chi connectivity index (χ0) is 14.7. The maximum Gasteiger partial charge on any atom is 0.0314 e. The van der Waals surface area contributed by atoms with Crippen molar-refractivity contribution >= 4 is 5.69 Å². The standard InChI is InChI=1S/C20H15N/c1-2-15-3-5-16(6-4-15)17-7-9-18(10-8-17)19-11-13-20(21)14-12-19/h1,3-14H,21H2. The summed E-state index contributed by atoms with van der Waals surface area (Å²) in [5.74, 6) is 2.63. The third kappa shape index (κ3) is 2.80. The predicted molar refractivity (Wildman–Crippen MR) is 89.7 cm³/mol. The Kier molecular flexibility index (Phi) is 3.45. The van der Waals surface area contributed by atoms with Crippen LogP contribution in [-0.4, -0.2) is 0 Å². The molecule has 3 rings (SSSR count). The first kappa shape index (κ1) is 13.0. The second-order valence-corrected chi connectivity index (χ2v) is 4.92. The summed E-state index contributed by atoms with van der Waals surface area (Å²) in [4.78, 5) is 0. The molecule has 3 aromatic carbocycles. The molecule has 1 nitrogen and oxygen atoms in total. The molecule has 0 spiro atoms. The summed E-state index contributed by atoms with van der Waals surface area (Å²) < 4.78 is 0. The first-order valence-corrected chi connectivity index (χ1v) is 6.79. The van der Waals surface area contributed by atoms with Gasteiger partial charge in [0, 0.05) is 11.3 Å². The molecule has 0 saturated carbocycles. The van der Waals surface area contributed by atoms with Crippen molar-refractivity contribution in [1.29, 1.82) is 0 Å². The summed E-state index contributed by atoms with van der Waals surface area (Å²) in [7, 11) is 0. The molecule has 3 aromatic rings. The van der Waals surface area contributed by atoms with Gasteiger partial charge >= 0.3 is 0 Å². The van der Waals surface area contributed by atoms with Gasteiger partial charge in [0.05, 0.1) is 0 Å². The highest BCUT2D eigenvalue weighted by Crippen LogP contribution is 2.25. The van der Waals surface area contributed by atoms with E-state index in [1.54, 1.807) is 0 Å². The van der Waals surface area contributed by atoms with Crippen LogP contribution in [-0.2, 0) is 0 Å². The molecule has 0 aliphatic rings. The van der Waals surface area contributed by atoms with E-state index in [1.165, 1.54) is 16.7 Å². The molecule has 0 aromatic heterocycles. The molecule has 0 atom stereocenters. The highest BCUT2D eigenvalue weighted by molar-refractivity contribution is 5.71. The van der Waals surface area contributed by atoms with Crippen molar-refractivity contribution in [2.75, 3.05) is 5.73 Å². The van der Waals surface area contributed by atoms with Gasteiger partial charge in [-0.25, -0.2) is 0 Å². The van der Waals surface area contributed by atoms with Crippen LogP contribution in [0, 0.1) is 12.3 Å². The highest BCUT2D eigenvalue weighted by atomic mass is 14.5. The van der Waals surface area contributed by atoms with Crippen molar-refractivity contribution in [2.24, 2.45) is 0 Å². The van der Waals surface area contributed by atoms with Crippen LogP contribution < -0.4 is 5.73 Å². The van der Waals surface area contributed by atoms with Crippen molar-refractivity contribution in [3.63, 3.8) is 0 Å². The molecule has 0 amide bonds. The van der Waals surface area contributed by atoms with Crippen LogP contribution in [0.1, 0.15) is 5.56 Å². The van der Waals surface area contributed by atoms with Gasteiger partial charge in [-0.3, -0.25) is 0 Å². The molecular formula is C20H15N. The molecule has 0 radical (unpaired) electrons. The zero-order valence-corrected chi connectivity index (χ0v) is 11.6. The number of benzene rings is 3. The Bertz CT molecular complexity index is 773. The zero-order valence-electron chi connectivity index (χ0n) is 11.6. The van der Waals surface area contributed by atoms with Crippen LogP contribution in [0.15, 0.2) is 72.8 Å². The fourth-order valence-electron chi connectivity index (χ4n) is 2.29. The minimum atomic E-state index is 0.781. The summed E-state index contributed by atoms with van der Waals surface area (Å²) in [6.07, 6.45) is 5.37. The van der Waals surface area contributed by atoms with Crippen molar-refractivity contribution < 1.29 is 0 Å². The highest BCUT2D eigenvalue weighted by Gasteiger charge is 2.00. The Morgan fingerprint density at radius 3 is 1.29 bits per heavy atom. The minimum absolute atomic E-state index is 0.781. The fourth-order valence-corrected chi connectivity index (χ4v) is 2.29. The Hall–Kier alpha value is -2.98. The van der Waals surface area contributed by atoms with Crippen LogP contribution in [0.25, 0.3) is 22.3 Å². The smallest absolute Gasteiger partial charge is 0.0314 e. The van der Waals surface area contributed by atoms with Gasteiger partial charge in [0.15, 0.2) is 0 Å². The van der Waals surface area contributed by atoms with Crippen LogP contribution in [0.5, 0.6) is 0 Å². The SMILES string of the molecule is C#Cc1ccc(-c2ccc(-c3ccc(N)cc3)cc2)cc1. The third-order valence-electron chi connectivity index (χ3n) is 3.51. The van der Waals surface area contributed by atoms with Crippen LogP contribution in [0.2, 0.25) is 0 Å². The molecule has 100 valence electrons. The molecule has 0 fully saturated rings. The summed E-state index contributed by atoms with van der Waals surface area (Å²) in [6.45, 7) is 0. The fraction of sp³-hybridized carbons (Fsp3) is 0. The number of hydrogen-bond donors (Lipinski definition) is 1. The maximum atomic E-state index is 5.71. The predicted octanol–water partition coefficient (Wildman–Crippen LogP) is 4.58. The largest absolute Gasteiger partial charge is 0.399 e. The van der Waals surface area contributed by atoms with E-state index < -0.39 is 0 Å². The van der Waals surface area contributed by atoms with Crippen molar-refractivity contribution in [1.82, 2.24) is 0 Å². The quantitative estimate of drug-likeness (QED) is 0.534. The lowest BCUT2D eigenvalue weighted by Gasteiger charge is -2.05. The second kappa shape index (κ2) is 5.56. The van der Waals surface area contributed by atoms with Gasteiger partial charge in [0.25, 0.3) is 0 Å². The number of anilines is 1. The van der Waals surface area contributed by atoms with Gasteiger partial charge in [0.2, 0.25) is 0 Å². The maximum absolute atomic E-state index is 5.71. The topological polar surface area (TPSA) is 26.0 Å². The number of nitrogen functional groups attached to an aromatic ring is 1. The average molecular weight is 269 g/mol. The van der Waals surface area contributed by atoms with E-state index in [9.17, 15) is 0 Å². The average Bonchev–Trinajstić information content (AvgIpc) is 2.56. The number of terminal acetylenes is 1. The molecule has 0 bridgehead atoms. The molecule has 0 aliphatic heterocycles. The summed E-state index contributed by atoms with van der Waals surface area (Å²) in [5.41, 5.74) is 12.1. The monoisotopic (exact) mass is 269 g/mol.